The molecule has 0 bridgehead atoms. The molecule has 3 aliphatic rings. The van der Waals surface area contributed by atoms with Gasteiger partial charge in [0, 0.05) is 65.5 Å². The van der Waals surface area contributed by atoms with Gasteiger partial charge in [-0.3, -0.25) is 4.90 Å². The fourth-order valence-corrected chi connectivity index (χ4v) is 6.49. The van der Waals surface area contributed by atoms with Crippen LogP contribution in [-0.4, -0.2) is 99.4 Å². The Morgan fingerprint density at radius 1 is 0.857 bits per heavy atom. The van der Waals surface area contributed by atoms with Crippen LogP contribution in [0.1, 0.15) is 18.4 Å². The second-order valence-corrected chi connectivity index (χ2v) is 11.4. The molecule has 0 saturated carbocycles. The number of halogens is 1. The van der Waals surface area contributed by atoms with Crippen LogP contribution in [0.3, 0.4) is 0 Å². The van der Waals surface area contributed by atoms with Gasteiger partial charge in [-0.15, -0.1) is 10.2 Å². The number of sulfonamides is 1. The molecule has 4 heterocycles. The lowest BCUT2D eigenvalue weighted by molar-refractivity contribution is 0.0712. The molecule has 1 unspecified atom stereocenters. The molecule has 190 valence electrons. The monoisotopic (exact) mass is 504 g/mol. The third kappa shape index (κ3) is 6.08. The molecule has 11 heteroatoms. The summed E-state index contributed by atoms with van der Waals surface area (Å²) in [4.78, 5) is 6.81. The minimum absolute atomic E-state index is 0.122. The maximum atomic E-state index is 13.1. The van der Waals surface area contributed by atoms with Crippen molar-refractivity contribution in [2.24, 2.45) is 0 Å². The molecule has 1 aromatic heterocycles. The van der Waals surface area contributed by atoms with E-state index in [1.54, 1.807) is 0 Å². The summed E-state index contributed by atoms with van der Waals surface area (Å²) in [5.74, 6) is 1.15. The van der Waals surface area contributed by atoms with Gasteiger partial charge in [-0.25, -0.2) is 12.8 Å². The molecular weight excluding hydrogens is 471 g/mol. The van der Waals surface area contributed by atoms with E-state index < -0.39 is 10.0 Å². The fraction of sp³-hybridized carbons (Fsp3) is 0.583. The summed E-state index contributed by atoms with van der Waals surface area (Å²) >= 11 is 0. The predicted molar refractivity (Wildman–Crippen MR) is 132 cm³/mol. The molecule has 1 aromatic carbocycles. The molecular formula is C24H33FN6O3S. The first-order valence-corrected chi connectivity index (χ1v) is 14.0. The number of rotatable bonds is 7. The van der Waals surface area contributed by atoms with E-state index in [0.29, 0.717) is 37.8 Å². The normalized spacial score (nSPS) is 22.6. The van der Waals surface area contributed by atoms with E-state index in [9.17, 15) is 12.8 Å². The van der Waals surface area contributed by atoms with Gasteiger partial charge in [0.15, 0.2) is 11.6 Å². The third-order valence-electron chi connectivity index (χ3n) is 7.04. The van der Waals surface area contributed by atoms with Crippen LogP contribution in [0.25, 0.3) is 0 Å². The molecule has 9 nitrogen and oxygen atoms in total. The van der Waals surface area contributed by atoms with Crippen LogP contribution < -0.4 is 9.80 Å². The zero-order valence-electron chi connectivity index (χ0n) is 19.9. The fourth-order valence-electron chi connectivity index (χ4n) is 4.97. The molecule has 3 saturated heterocycles. The number of aromatic nitrogens is 2. The topological polar surface area (TPSA) is 82.1 Å². The summed E-state index contributed by atoms with van der Waals surface area (Å²) in [6.07, 6.45) is 2.73. The quantitative estimate of drug-likeness (QED) is 0.562. The van der Waals surface area contributed by atoms with Crippen LogP contribution in [0.15, 0.2) is 36.4 Å². The maximum Gasteiger partial charge on any atom is 0.218 e. The van der Waals surface area contributed by atoms with Gasteiger partial charge in [0.25, 0.3) is 0 Å². The first-order chi connectivity index (χ1) is 17.0. The maximum absolute atomic E-state index is 13.1. The van der Waals surface area contributed by atoms with E-state index >= 15 is 0 Å². The Balaban J connectivity index is 1.10. The molecule has 2 aromatic rings. The summed E-state index contributed by atoms with van der Waals surface area (Å²) in [5.41, 5.74) is 0.586. The van der Waals surface area contributed by atoms with Gasteiger partial charge in [-0.05, 0) is 42.7 Å². The van der Waals surface area contributed by atoms with Gasteiger partial charge in [-0.1, -0.05) is 12.1 Å². The predicted octanol–water partition coefficient (Wildman–Crippen LogP) is 1.57. The lowest BCUT2D eigenvalue weighted by Gasteiger charge is -2.36. The average Bonchev–Trinajstić information content (AvgIpc) is 3.39. The zero-order valence-corrected chi connectivity index (χ0v) is 20.7. The highest BCUT2D eigenvalue weighted by atomic mass is 32.2. The van der Waals surface area contributed by atoms with Gasteiger partial charge in [0.05, 0.1) is 11.9 Å². The van der Waals surface area contributed by atoms with Crippen molar-refractivity contribution in [1.82, 2.24) is 19.4 Å². The largest absolute Gasteiger partial charge is 0.377 e. The molecule has 0 aliphatic carbocycles. The van der Waals surface area contributed by atoms with Crippen molar-refractivity contribution in [3.05, 3.63) is 47.8 Å². The lowest BCUT2D eigenvalue weighted by atomic mass is 10.2. The van der Waals surface area contributed by atoms with Crippen LogP contribution >= 0.6 is 0 Å². The van der Waals surface area contributed by atoms with Crippen molar-refractivity contribution < 1.29 is 17.5 Å². The number of anilines is 2. The van der Waals surface area contributed by atoms with Crippen LogP contribution in [0.5, 0.6) is 0 Å². The molecule has 0 radical (unpaired) electrons. The van der Waals surface area contributed by atoms with E-state index in [-0.39, 0.29) is 11.6 Å². The van der Waals surface area contributed by atoms with Gasteiger partial charge in [-0.2, -0.15) is 4.31 Å². The summed E-state index contributed by atoms with van der Waals surface area (Å²) in [5, 5.41) is 8.91. The van der Waals surface area contributed by atoms with Gasteiger partial charge >= 0.3 is 0 Å². The highest BCUT2D eigenvalue weighted by Gasteiger charge is 2.28. The van der Waals surface area contributed by atoms with Gasteiger partial charge in [0.2, 0.25) is 10.0 Å². The van der Waals surface area contributed by atoms with Crippen molar-refractivity contribution in [2.45, 2.75) is 24.7 Å². The Labute approximate surface area is 206 Å². The minimum Gasteiger partial charge on any atom is -0.377 e. The number of piperazine rings is 2. The molecule has 3 fully saturated rings. The smallest absolute Gasteiger partial charge is 0.218 e. The van der Waals surface area contributed by atoms with Crippen LogP contribution in [0.2, 0.25) is 0 Å². The molecule has 5 rings (SSSR count). The molecule has 3 aliphatic heterocycles. The first-order valence-electron chi connectivity index (χ1n) is 12.4. The number of benzene rings is 1. The lowest BCUT2D eigenvalue weighted by Crippen LogP contribution is -2.49. The summed E-state index contributed by atoms with van der Waals surface area (Å²) in [6.45, 7) is 7.64. The third-order valence-corrected chi connectivity index (χ3v) is 8.89. The second-order valence-electron chi connectivity index (χ2n) is 9.44. The number of ether oxygens (including phenoxy) is 1. The van der Waals surface area contributed by atoms with Gasteiger partial charge in [0.1, 0.15) is 5.82 Å². The molecule has 1 atom stereocenters. The standard InChI is InChI=1S/C24H33FN6O3S/c25-21-5-3-20(4-6-21)19-35(32,33)31-15-13-30(14-16-31)24-8-7-23(26-27-24)29-11-9-28(10-12-29)18-22-2-1-17-34-22/h3-8,22H,1-2,9-19H2. The van der Waals surface area contributed by atoms with Crippen LogP contribution in [0.4, 0.5) is 16.0 Å². The molecule has 0 spiro atoms. The number of hydrogen-bond acceptors (Lipinski definition) is 8. The van der Waals surface area contributed by atoms with E-state index in [2.05, 4.69) is 24.9 Å². The van der Waals surface area contributed by atoms with E-state index in [1.165, 1.54) is 41.4 Å². The summed E-state index contributed by atoms with van der Waals surface area (Å²) in [6, 6.07) is 9.60. The zero-order chi connectivity index (χ0) is 24.3. The molecule has 0 amide bonds. The Morgan fingerprint density at radius 2 is 1.46 bits per heavy atom. The Bertz CT molecular complexity index is 1060. The minimum atomic E-state index is -3.46. The molecule has 35 heavy (non-hydrogen) atoms. The van der Waals surface area contributed by atoms with Crippen molar-refractivity contribution in [3.8, 4) is 0 Å². The van der Waals surface area contributed by atoms with Crippen molar-refractivity contribution in [1.29, 1.82) is 0 Å². The number of nitrogens with zero attached hydrogens (tertiary/aromatic N) is 6. The van der Waals surface area contributed by atoms with E-state index in [4.69, 9.17) is 4.74 Å². The van der Waals surface area contributed by atoms with E-state index in [1.807, 2.05) is 12.1 Å². The summed E-state index contributed by atoms with van der Waals surface area (Å²) in [7, 11) is -3.46. The number of hydrogen-bond donors (Lipinski definition) is 0. The van der Waals surface area contributed by atoms with E-state index in [0.717, 1.165) is 51.0 Å². The summed E-state index contributed by atoms with van der Waals surface area (Å²) < 4.78 is 46.0. The first kappa shape index (κ1) is 24.4. The van der Waals surface area contributed by atoms with Crippen LogP contribution in [-0.2, 0) is 20.5 Å². The second kappa shape index (κ2) is 10.7. The highest BCUT2D eigenvalue weighted by molar-refractivity contribution is 7.88. The molecule has 0 N–H and O–H groups in total. The Morgan fingerprint density at radius 3 is 2.00 bits per heavy atom. The van der Waals surface area contributed by atoms with Crippen molar-refractivity contribution in [3.63, 3.8) is 0 Å². The van der Waals surface area contributed by atoms with Crippen LogP contribution in [0, 0.1) is 5.82 Å². The van der Waals surface area contributed by atoms with Crippen molar-refractivity contribution >= 4 is 21.7 Å². The highest BCUT2D eigenvalue weighted by Crippen LogP contribution is 2.21. The average molecular weight is 505 g/mol. The Kier molecular flexibility index (Phi) is 7.47. The Hall–Kier alpha value is -2.34. The van der Waals surface area contributed by atoms with Gasteiger partial charge < -0.3 is 14.5 Å². The SMILES string of the molecule is O=S(=O)(Cc1ccc(F)cc1)N1CCN(c2ccc(N3CCN(CC4CCCO4)CC3)nn2)CC1. The van der Waals surface area contributed by atoms with Crippen molar-refractivity contribution in [2.75, 3.05) is 75.3 Å².